The van der Waals surface area contributed by atoms with E-state index >= 15 is 0 Å². The number of benzene rings is 2. The molecule has 0 saturated heterocycles. The average molecular weight is 304 g/mol. The van der Waals surface area contributed by atoms with Gasteiger partial charge in [-0.1, -0.05) is 43.6 Å². The fraction of sp³-hybridized carbons (Fsp3) is 0.333. The average Bonchev–Trinajstić information content (AvgIpc) is 2.48. The molecule has 0 aliphatic rings. The summed E-state index contributed by atoms with van der Waals surface area (Å²) in [6, 6.07) is 16.1. The van der Waals surface area contributed by atoms with Crippen LogP contribution in [-0.4, -0.2) is 6.54 Å². The summed E-state index contributed by atoms with van der Waals surface area (Å²) in [4.78, 5) is 0. The molecule has 0 fully saturated rings. The first-order valence-electron chi connectivity index (χ1n) is 7.49. The molecular formula is C18H22ClNO. The van der Waals surface area contributed by atoms with Crippen molar-refractivity contribution in [2.24, 2.45) is 0 Å². The Labute approximate surface area is 132 Å². The van der Waals surface area contributed by atoms with Crippen LogP contribution >= 0.6 is 11.6 Å². The van der Waals surface area contributed by atoms with Crippen LogP contribution in [0.5, 0.6) is 11.5 Å². The number of hydrogen-bond acceptors (Lipinski definition) is 2. The zero-order valence-corrected chi connectivity index (χ0v) is 13.4. The van der Waals surface area contributed by atoms with Gasteiger partial charge in [-0.3, -0.25) is 0 Å². The highest BCUT2D eigenvalue weighted by atomic mass is 35.5. The third-order valence-corrected chi connectivity index (χ3v) is 3.58. The van der Waals surface area contributed by atoms with Crippen LogP contribution in [0.4, 0.5) is 0 Å². The van der Waals surface area contributed by atoms with Crippen molar-refractivity contribution in [2.75, 3.05) is 6.54 Å². The molecule has 0 amide bonds. The standard InChI is InChI=1S/C18H22ClNO/c1-3-11-20-18(4-2)14-7-5-9-16(12-14)21-17-10-6-8-15(19)13-17/h5-10,12-13,18,20H,3-4,11H2,1-2H3. The van der Waals surface area contributed by atoms with E-state index in [1.54, 1.807) is 0 Å². The minimum absolute atomic E-state index is 0.368. The van der Waals surface area contributed by atoms with E-state index in [2.05, 4.69) is 31.3 Å². The number of rotatable bonds is 7. The molecule has 0 spiro atoms. The summed E-state index contributed by atoms with van der Waals surface area (Å²) in [5.74, 6) is 1.60. The number of nitrogens with one attached hydrogen (secondary N) is 1. The van der Waals surface area contributed by atoms with Gasteiger partial charge in [0.25, 0.3) is 0 Å². The lowest BCUT2D eigenvalue weighted by atomic mass is 10.0. The van der Waals surface area contributed by atoms with E-state index in [-0.39, 0.29) is 0 Å². The highest BCUT2D eigenvalue weighted by Gasteiger charge is 2.09. The minimum Gasteiger partial charge on any atom is -0.457 e. The molecule has 0 aliphatic heterocycles. The highest BCUT2D eigenvalue weighted by Crippen LogP contribution is 2.27. The molecule has 1 N–H and O–H groups in total. The molecule has 0 bridgehead atoms. The molecule has 0 aliphatic carbocycles. The van der Waals surface area contributed by atoms with E-state index < -0.39 is 0 Å². The van der Waals surface area contributed by atoms with E-state index in [4.69, 9.17) is 16.3 Å². The van der Waals surface area contributed by atoms with Gasteiger partial charge in [-0.25, -0.2) is 0 Å². The Bertz CT molecular complexity index is 571. The van der Waals surface area contributed by atoms with E-state index in [0.29, 0.717) is 11.1 Å². The van der Waals surface area contributed by atoms with Gasteiger partial charge < -0.3 is 10.1 Å². The maximum absolute atomic E-state index is 5.98. The van der Waals surface area contributed by atoms with Crippen LogP contribution in [0.3, 0.4) is 0 Å². The topological polar surface area (TPSA) is 21.3 Å². The Morgan fingerprint density at radius 2 is 1.76 bits per heavy atom. The van der Waals surface area contributed by atoms with Gasteiger partial charge in [0.1, 0.15) is 11.5 Å². The van der Waals surface area contributed by atoms with E-state index in [1.807, 2.05) is 36.4 Å². The second-order valence-electron chi connectivity index (χ2n) is 5.05. The lowest BCUT2D eigenvalue weighted by Crippen LogP contribution is -2.21. The van der Waals surface area contributed by atoms with Crippen LogP contribution in [-0.2, 0) is 0 Å². The van der Waals surface area contributed by atoms with Gasteiger partial charge in [0.05, 0.1) is 0 Å². The van der Waals surface area contributed by atoms with Crippen molar-refractivity contribution in [2.45, 2.75) is 32.7 Å². The van der Waals surface area contributed by atoms with E-state index in [9.17, 15) is 0 Å². The summed E-state index contributed by atoms with van der Waals surface area (Å²) in [5.41, 5.74) is 1.26. The van der Waals surface area contributed by atoms with Gasteiger partial charge in [-0.15, -0.1) is 0 Å². The molecule has 0 aromatic heterocycles. The van der Waals surface area contributed by atoms with Gasteiger partial charge in [0.2, 0.25) is 0 Å². The molecule has 2 aromatic rings. The summed E-state index contributed by atoms with van der Waals surface area (Å²) >= 11 is 5.98. The van der Waals surface area contributed by atoms with Crippen molar-refractivity contribution in [1.82, 2.24) is 5.32 Å². The first-order chi connectivity index (χ1) is 10.2. The van der Waals surface area contributed by atoms with Gasteiger partial charge in [0, 0.05) is 11.1 Å². The Balaban J connectivity index is 2.13. The second kappa shape index (κ2) is 8.06. The first kappa shape index (κ1) is 15.9. The fourth-order valence-electron chi connectivity index (χ4n) is 2.28. The molecule has 0 heterocycles. The summed E-state index contributed by atoms with van der Waals surface area (Å²) in [7, 11) is 0. The third-order valence-electron chi connectivity index (χ3n) is 3.34. The summed E-state index contributed by atoms with van der Waals surface area (Å²) < 4.78 is 5.89. The van der Waals surface area contributed by atoms with Crippen LogP contribution < -0.4 is 10.1 Å². The molecule has 2 nitrogen and oxygen atoms in total. The highest BCUT2D eigenvalue weighted by molar-refractivity contribution is 6.30. The first-order valence-corrected chi connectivity index (χ1v) is 7.87. The number of halogens is 1. The Kier molecular flexibility index (Phi) is 6.09. The molecule has 0 saturated carbocycles. The normalized spacial score (nSPS) is 12.1. The van der Waals surface area contributed by atoms with Crippen molar-refractivity contribution >= 4 is 11.6 Å². The quantitative estimate of drug-likeness (QED) is 0.720. The second-order valence-corrected chi connectivity index (χ2v) is 5.48. The van der Waals surface area contributed by atoms with Crippen LogP contribution in [0.1, 0.15) is 38.3 Å². The maximum atomic E-state index is 5.98. The van der Waals surface area contributed by atoms with E-state index in [1.165, 1.54) is 5.56 Å². The lowest BCUT2D eigenvalue weighted by Gasteiger charge is -2.18. The van der Waals surface area contributed by atoms with Crippen molar-refractivity contribution in [1.29, 1.82) is 0 Å². The van der Waals surface area contributed by atoms with Gasteiger partial charge in [-0.2, -0.15) is 0 Å². The molecule has 1 unspecified atom stereocenters. The predicted molar refractivity (Wildman–Crippen MR) is 89.3 cm³/mol. The number of ether oxygens (including phenoxy) is 1. The molecule has 21 heavy (non-hydrogen) atoms. The monoisotopic (exact) mass is 303 g/mol. The van der Waals surface area contributed by atoms with Crippen molar-refractivity contribution < 1.29 is 4.74 Å². The molecule has 0 radical (unpaired) electrons. The summed E-state index contributed by atoms with van der Waals surface area (Å²) in [6.07, 6.45) is 2.19. The molecule has 112 valence electrons. The smallest absolute Gasteiger partial charge is 0.128 e. The van der Waals surface area contributed by atoms with Gasteiger partial charge >= 0.3 is 0 Å². The SMILES string of the molecule is CCCNC(CC)c1cccc(Oc2cccc(Cl)c2)c1. The van der Waals surface area contributed by atoms with Crippen LogP contribution in [0, 0.1) is 0 Å². The zero-order chi connectivity index (χ0) is 15.1. The Morgan fingerprint density at radius 3 is 2.43 bits per heavy atom. The third kappa shape index (κ3) is 4.76. The molecule has 2 aromatic carbocycles. The van der Waals surface area contributed by atoms with Gasteiger partial charge in [-0.05, 0) is 55.3 Å². The van der Waals surface area contributed by atoms with Crippen LogP contribution in [0.2, 0.25) is 5.02 Å². The van der Waals surface area contributed by atoms with Crippen LogP contribution in [0.25, 0.3) is 0 Å². The van der Waals surface area contributed by atoms with Crippen molar-refractivity contribution in [3.8, 4) is 11.5 Å². The van der Waals surface area contributed by atoms with E-state index in [0.717, 1.165) is 30.9 Å². The zero-order valence-electron chi connectivity index (χ0n) is 12.6. The molecular weight excluding hydrogens is 282 g/mol. The maximum Gasteiger partial charge on any atom is 0.128 e. The molecule has 2 rings (SSSR count). The summed E-state index contributed by atoms with van der Waals surface area (Å²) in [6.45, 7) is 5.40. The predicted octanol–water partition coefficient (Wildman–Crippen LogP) is 5.58. The largest absolute Gasteiger partial charge is 0.457 e. The Hall–Kier alpha value is -1.51. The van der Waals surface area contributed by atoms with Crippen LogP contribution in [0.15, 0.2) is 48.5 Å². The Morgan fingerprint density at radius 1 is 1.05 bits per heavy atom. The number of hydrogen-bond donors (Lipinski definition) is 1. The minimum atomic E-state index is 0.368. The van der Waals surface area contributed by atoms with Crippen molar-refractivity contribution in [3.05, 3.63) is 59.1 Å². The fourth-order valence-corrected chi connectivity index (χ4v) is 2.46. The molecule has 3 heteroatoms. The van der Waals surface area contributed by atoms with Gasteiger partial charge in [0.15, 0.2) is 0 Å². The van der Waals surface area contributed by atoms with Crippen molar-refractivity contribution in [3.63, 3.8) is 0 Å². The lowest BCUT2D eigenvalue weighted by molar-refractivity contribution is 0.476. The molecule has 1 atom stereocenters. The summed E-state index contributed by atoms with van der Waals surface area (Å²) in [5, 5.41) is 4.24.